The Bertz CT molecular complexity index is 813. The van der Waals surface area contributed by atoms with Crippen LogP contribution in [0.15, 0.2) is 57.4 Å². The lowest BCUT2D eigenvalue weighted by Crippen LogP contribution is -1.95. The largest absolute Gasteiger partial charge is 0.489 e. The number of aromatic nitrogens is 2. The summed E-state index contributed by atoms with van der Waals surface area (Å²) >= 11 is 3.45. The van der Waals surface area contributed by atoms with Crippen LogP contribution >= 0.6 is 15.9 Å². The third-order valence-corrected chi connectivity index (χ3v) is 3.54. The van der Waals surface area contributed by atoms with Crippen molar-refractivity contribution in [3.05, 3.63) is 70.0 Å². The highest BCUT2D eigenvalue weighted by Crippen LogP contribution is 2.17. The summed E-state index contributed by atoms with van der Waals surface area (Å²) in [5.74, 6) is 1.18. The summed E-state index contributed by atoms with van der Waals surface area (Å²) in [5.41, 5.74) is 7.47. The van der Waals surface area contributed by atoms with Crippen molar-refractivity contribution in [2.45, 2.75) is 6.61 Å². The predicted octanol–water partition coefficient (Wildman–Crippen LogP) is 4.16. The number of anilines is 1. The van der Waals surface area contributed by atoms with E-state index >= 15 is 0 Å². The summed E-state index contributed by atoms with van der Waals surface area (Å²) in [5, 5.41) is 7.35. The van der Waals surface area contributed by atoms with Gasteiger partial charge in [0.1, 0.15) is 12.4 Å². The molecule has 0 radical (unpaired) electrons. The molecule has 0 saturated carbocycles. The van der Waals surface area contributed by atoms with E-state index in [0.717, 1.165) is 21.3 Å². The van der Waals surface area contributed by atoms with Crippen molar-refractivity contribution < 1.29 is 9.15 Å². The quantitative estimate of drug-likeness (QED) is 0.728. The van der Waals surface area contributed by atoms with E-state index in [1.165, 1.54) is 0 Å². The lowest BCUT2D eigenvalue weighted by atomic mass is 10.2. The minimum Gasteiger partial charge on any atom is -0.489 e. The van der Waals surface area contributed by atoms with Crippen LogP contribution in [0.4, 0.5) is 6.01 Å². The molecule has 116 valence electrons. The molecule has 0 unspecified atom stereocenters. The normalized spacial score (nSPS) is 11.0. The molecule has 0 spiro atoms. The van der Waals surface area contributed by atoms with Crippen LogP contribution in [-0.2, 0) is 6.61 Å². The van der Waals surface area contributed by atoms with Gasteiger partial charge >= 0.3 is 6.01 Å². The van der Waals surface area contributed by atoms with Crippen molar-refractivity contribution in [3.63, 3.8) is 0 Å². The van der Waals surface area contributed by atoms with E-state index in [-0.39, 0.29) is 6.01 Å². The van der Waals surface area contributed by atoms with Gasteiger partial charge in [0, 0.05) is 10.5 Å². The third kappa shape index (κ3) is 4.43. The van der Waals surface area contributed by atoms with E-state index in [9.17, 15) is 0 Å². The number of benzene rings is 2. The van der Waals surface area contributed by atoms with Gasteiger partial charge < -0.3 is 14.9 Å². The maximum atomic E-state index is 5.77. The van der Waals surface area contributed by atoms with Gasteiger partial charge in [-0.15, -0.1) is 5.10 Å². The van der Waals surface area contributed by atoms with Gasteiger partial charge in [0.25, 0.3) is 0 Å². The van der Waals surface area contributed by atoms with Crippen molar-refractivity contribution in [2.24, 2.45) is 0 Å². The summed E-state index contributed by atoms with van der Waals surface area (Å²) in [6, 6.07) is 15.8. The fraction of sp³-hybridized carbons (Fsp3) is 0.0588. The third-order valence-electron chi connectivity index (χ3n) is 3.05. The summed E-state index contributed by atoms with van der Waals surface area (Å²) in [6.07, 6.45) is 3.58. The molecule has 23 heavy (non-hydrogen) atoms. The van der Waals surface area contributed by atoms with Gasteiger partial charge in [-0.1, -0.05) is 45.3 Å². The summed E-state index contributed by atoms with van der Waals surface area (Å²) in [4.78, 5) is 0. The van der Waals surface area contributed by atoms with E-state index in [1.54, 1.807) is 6.08 Å². The molecule has 0 saturated heterocycles. The van der Waals surface area contributed by atoms with Crippen LogP contribution < -0.4 is 10.5 Å². The van der Waals surface area contributed by atoms with Crippen molar-refractivity contribution >= 4 is 34.1 Å². The van der Waals surface area contributed by atoms with Gasteiger partial charge in [-0.3, -0.25) is 0 Å². The molecular formula is C17H14BrN3O2. The van der Waals surface area contributed by atoms with E-state index in [2.05, 4.69) is 26.1 Å². The molecule has 5 nitrogen and oxygen atoms in total. The predicted molar refractivity (Wildman–Crippen MR) is 92.6 cm³/mol. The molecule has 0 aliphatic heterocycles. The molecule has 0 aliphatic rings. The van der Waals surface area contributed by atoms with Crippen LogP contribution in [0.5, 0.6) is 5.75 Å². The fourth-order valence-corrected chi connectivity index (χ4v) is 2.40. The summed E-state index contributed by atoms with van der Waals surface area (Å²) < 4.78 is 11.9. The van der Waals surface area contributed by atoms with E-state index in [4.69, 9.17) is 14.9 Å². The number of nitrogen functional groups attached to an aromatic ring is 1. The lowest BCUT2D eigenvalue weighted by molar-refractivity contribution is 0.306. The Balaban J connectivity index is 1.59. The zero-order valence-corrected chi connectivity index (χ0v) is 13.7. The van der Waals surface area contributed by atoms with Crippen molar-refractivity contribution in [2.75, 3.05) is 5.73 Å². The second-order valence-electron chi connectivity index (χ2n) is 4.80. The average Bonchev–Trinajstić information content (AvgIpc) is 2.98. The molecule has 0 bridgehead atoms. The van der Waals surface area contributed by atoms with Crippen LogP contribution in [0.25, 0.3) is 12.2 Å². The maximum Gasteiger partial charge on any atom is 0.313 e. The highest BCUT2D eigenvalue weighted by atomic mass is 79.9. The Hall–Kier alpha value is -2.60. The zero-order chi connectivity index (χ0) is 16.1. The molecule has 3 rings (SSSR count). The minimum atomic E-state index is 0.0564. The van der Waals surface area contributed by atoms with Crippen molar-refractivity contribution in [1.82, 2.24) is 10.2 Å². The number of rotatable bonds is 5. The number of ether oxygens (including phenoxy) is 1. The van der Waals surface area contributed by atoms with Crippen molar-refractivity contribution in [1.29, 1.82) is 0 Å². The molecule has 3 aromatic rings. The highest BCUT2D eigenvalue weighted by Gasteiger charge is 1.99. The Morgan fingerprint density at radius 3 is 2.61 bits per heavy atom. The molecule has 0 fully saturated rings. The zero-order valence-electron chi connectivity index (χ0n) is 12.1. The van der Waals surface area contributed by atoms with E-state index < -0.39 is 0 Å². The maximum absolute atomic E-state index is 5.77. The van der Waals surface area contributed by atoms with Gasteiger partial charge in [0.2, 0.25) is 5.89 Å². The molecule has 2 N–H and O–H groups in total. The van der Waals surface area contributed by atoms with Crippen molar-refractivity contribution in [3.8, 4) is 5.75 Å². The number of nitrogens with two attached hydrogens (primary N) is 1. The number of hydrogen-bond donors (Lipinski definition) is 1. The first-order chi connectivity index (χ1) is 11.2. The fourth-order valence-electron chi connectivity index (χ4n) is 1.95. The molecular weight excluding hydrogens is 358 g/mol. The first-order valence-electron chi connectivity index (χ1n) is 6.93. The molecule has 6 heteroatoms. The van der Waals surface area contributed by atoms with Gasteiger partial charge in [-0.25, -0.2) is 0 Å². The molecule has 0 amide bonds. The van der Waals surface area contributed by atoms with E-state index in [0.29, 0.717) is 12.5 Å². The topological polar surface area (TPSA) is 74.2 Å². The Morgan fingerprint density at radius 2 is 1.91 bits per heavy atom. The van der Waals surface area contributed by atoms with E-state index in [1.807, 2.05) is 54.6 Å². The number of hydrogen-bond acceptors (Lipinski definition) is 5. The highest BCUT2D eigenvalue weighted by molar-refractivity contribution is 9.10. The lowest BCUT2D eigenvalue weighted by Gasteiger charge is -2.06. The monoisotopic (exact) mass is 371 g/mol. The van der Waals surface area contributed by atoms with Crippen LogP contribution in [0.3, 0.4) is 0 Å². The van der Waals surface area contributed by atoms with Crippen LogP contribution in [0, 0.1) is 0 Å². The van der Waals surface area contributed by atoms with Gasteiger partial charge in [0.05, 0.1) is 0 Å². The molecule has 0 atom stereocenters. The number of halogens is 1. The second-order valence-corrected chi connectivity index (χ2v) is 5.72. The molecule has 2 aromatic carbocycles. The smallest absolute Gasteiger partial charge is 0.313 e. The van der Waals surface area contributed by atoms with Crippen LogP contribution in [0.2, 0.25) is 0 Å². The Morgan fingerprint density at radius 1 is 1.09 bits per heavy atom. The van der Waals surface area contributed by atoms with Gasteiger partial charge in [-0.2, -0.15) is 0 Å². The molecule has 1 aromatic heterocycles. The van der Waals surface area contributed by atoms with Gasteiger partial charge in [-0.05, 0) is 41.5 Å². The molecule has 1 heterocycles. The van der Waals surface area contributed by atoms with Gasteiger partial charge in [0.15, 0.2) is 0 Å². The minimum absolute atomic E-state index is 0.0564. The Kier molecular flexibility index (Phi) is 4.73. The second kappa shape index (κ2) is 7.11. The Labute approximate surface area is 141 Å². The average molecular weight is 372 g/mol. The van der Waals surface area contributed by atoms with Crippen LogP contribution in [0.1, 0.15) is 17.0 Å². The first kappa shape index (κ1) is 15.3. The SMILES string of the molecule is Nc1nnc(/C=C/c2ccc(OCc3cccc(Br)c3)cc2)o1. The first-order valence-corrected chi connectivity index (χ1v) is 7.73. The standard InChI is InChI=1S/C17H14BrN3O2/c18-14-3-1-2-13(10-14)11-22-15-7-4-12(5-8-15)6-9-16-20-21-17(19)23-16/h1-10H,11H2,(H2,19,21)/b9-6+. The molecule has 0 aliphatic carbocycles. The summed E-state index contributed by atoms with van der Waals surface area (Å²) in [7, 11) is 0. The number of nitrogens with zero attached hydrogens (tertiary/aromatic N) is 2. The summed E-state index contributed by atoms with van der Waals surface area (Å²) in [6.45, 7) is 0.524. The van der Waals surface area contributed by atoms with Crippen LogP contribution in [-0.4, -0.2) is 10.2 Å².